The van der Waals surface area contributed by atoms with Crippen LogP contribution in [0.25, 0.3) is 5.57 Å². The number of hydrogen-bond donors (Lipinski definition) is 1. The summed E-state index contributed by atoms with van der Waals surface area (Å²) in [4.78, 5) is 6.89. The number of aromatic nitrogens is 2. The zero-order valence-electron chi connectivity index (χ0n) is 14.8. The molecule has 1 aliphatic carbocycles. The van der Waals surface area contributed by atoms with E-state index in [0.29, 0.717) is 12.3 Å². The third-order valence-corrected chi connectivity index (χ3v) is 5.16. The fourth-order valence-corrected chi connectivity index (χ4v) is 3.34. The second-order valence-corrected chi connectivity index (χ2v) is 7.22. The molecule has 2 heterocycles. The van der Waals surface area contributed by atoms with Crippen LogP contribution in [0, 0.1) is 5.82 Å². The molecule has 1 aromatic heterocycles. The van der Waals surface area contributed by atoms with Gasteiger partial charge in [-0.3, -0.25) is 4.90 Å². The fraction of sp³-hybridized carbons (Fsp3) is 0.500. The highest BCUT2D eigenvalue weighted by molar-refractivity contribution is 5.60. The van der Waals surface area contributed by atoms with Crippen molar-refractivity contribution in [3.8, 4) is 0 Å². The van der Waals surface area contributed by atoms with Crippen LogP contribution in [0.5, 0.6) is 0 Å². The Kier molecular flexibility index (Phi) is 5.13. The van der Waals surface area contributed by atoms with Crippen molar-refractivity contribution in [3.05, 3.63) is 53.4 Å². The summed E-state index contributed by atoms with van der Waals surface area (Å²) >= 11 is 0. The molecule has 0 bridgehead atoms. The van der Waals surface area contributed by atoms with Gasteiger partial charge < -0.3 is 9.63 Å². The molecule has 0 amide bonds. The molecule has 26 heavy (non-hydrogen) atoms. The van der Waals surface area contributed by atoms with Gasteiger partial charge in [0.1, 0.15) is 5.82 Å². The zero-order valence-corrected chi connectivity index (χ0v) is 14.8. The highest BCUT2D eigenvalue weighted by Crippen LogP contribution is 2.39. The van der Waals surface area contributed by atoms with E-state index in [0.717, 1.165) is 62.6 Å². The molecule has 5 nitrogen and oxygen atoms in total. The summed E-state index contributed by atoms with van der Waals surface area (Å²) in [5, 5.41) is 14.3. The first kappa shape index (κ1) is 17.4. The molecule has 1 N–H and O–H groups in total. The zero-order chi connectivity index (χ0) is 17.9. The molecule has 2 aromatic rings. The Morgan fingerprint density at radius 3 is 2.77 bits per heavy atom. The Labute approximate surface area is 152 Å². The van der Waals surface area contributed by atoms with Gasteiger partial charge in [-0.1, -0.05) is 23.4 Å². The Balaban J connectivity index is 1.23. The van der Waals surface area contributed by atoms with Crippen LogP contribution in [0.15, 0.2) is 34.9 Å². The molecule has 2 aliphatic rings. The van der Waals surface area contributed by atoms with Crippen LogP contribution in [0.2, 0.25) is 0 Å². The SMILES string of the molecule is OC(CCCN1CC=C(c2noc(C3CC3)n2)CC1)c1ccc(F)cc1. The molecule has 138 valence electrons. The van der Waals surface area contributed by atoms with E-state index in [2.05, 4.69) is 21.1 Å². The van der Waals surface area contributed by atoms with Gasteiger partial charge in [-0.2, -0.15) is 4.98 Å². The lowest BCUT2D eigenvalue weighted by molar-refractivity contribution is 0.156. The number of hydrogen-bond acceptors (Lipinski definition) is 5. The minimum absolute atomic E-state index is 0.275. The van der Waals surface area contributed by atoms with Crippen LogP contribution in [-0.4, -0.2) is 39.8 Å². The molecule has 0 radical (unpaired) electrons. The molecule has 1 saturated carbocycles. The highest BCUT2D eigenvalue weighted by atomic mass is 19.1. The summed E-state index contributed by atoms with van der Waals surface area (Å²) in [6.45, 7) is 2.77. The van der Waals surface area contributed by atoms with E-state index in [1.54, 1.807) is 12.1 Å². The number of benzene rings is 1. The molecule has 1 aliphatic heterocycles. The molecule has 0 spiro atoms. The number of rotatable bonds is 7. The van der Waals surface area contributed by atoms with Gasteiger partial charge >= 0.3 is 0 Å². The van der Waals surface area contributed by atoms with Gasteiger partial charge in [0.25, 0.3) is 0 Å². The summed E-state index contributed by atoms with van der Waals surface area (Å²) in [5.41, 5.74) is 1.94. The first-order valence-electron chi connectivity index (χ1n) is 9.38. The van der Waals surface area contributed by atoms with Crippen LogP contribution in [0.4, 0.5) is 4.39 Å². The van der Waals surface area contributed by atoms with Crippen molar-refractivity contribution in [1.29, 1.82) is 0 Å². The van der Waals surface area contributed by atoms with Gasteiger partial charge in [0.15, 0.2) is 5.82 Å². The third kappa shape index (κ3) is 4.19. The summed E-state index contributed by atoms with van der Waals surface area (Å²) in [5.74, 6) is 1.75. The third-order valence-electron chi connectivity index (χ3n) is 5.16. The molecule has 1 aromatic carbocycles. The van der Waals surface area contributed by atoms with Crippen molar-refractivity contribution in [1.82, 2.24) is 15.0 Å². The monoisotopic (exact) mass is 357 g/mol. The normalized spacial score (nSPS) is 19.4. The largest absolute Gasteiger partial charge is 0.388 e. The quantitative estimate of drug-likeness (QED) is 0.819. The molecule has 1 atom stereocenters. The van der Waals surface area contributed by atoms with Gasteiger partial charge in [0, 0.05) is 19.0 Å². The van der Waals surface area contributed by atoms with Crippen LogP contribution >= 0.6 is 0 Å². The first-order valence-corrected chi connectivity index (χ1v) is 9.38. The number of aliphatic hydroxyl groups excluding tert-OH is 1. The summed E-state index contributed by atoms with van der Waals surface area (Å²) in [7, 11) is 0. The number of halogens is 1. The van der Waals surface area contributed by atoms with E-state index in [4.69, 9.17) is 4.52 Å². The predicted molar refractivity (Wildman–Crippen MR) is 95.9 cm³/mol. The van der Waals surface area contributed by atoms with E-state index in [-0.39, 0.29) is 5.82 Å². The van der Waals surface area contributed by atoms with Gasteiger partial charge in [0.2, 0.25) is 5.89 Å². The van der Waals surface area contributed by atoms with Crippen LogP contribution in [0.1, 0.15) is 61.4 Å². The minimum atomic E-state index is -0.535. The van der Waals surface area contributed by atoms with Gasteiger partial charge in [0.05, 0.1) is 6.10 Å². The fourth-order valence-electron chi connectivity index (χ4n) is 3.34. The van der Waals surface area contributed by atoms with E-state index < -0.39 is 6.10 Å². The Hall–Kier alpha value is -2.05. The van der Waals surface area contributed by atoms with Gasteiger partial charge in [-0.05, 0) is 61.9 Å². The lowest BCUT2D eigenvalue weighted by atomic mass is 10.0. The van der Waals surface area contributed by atoms with Crippen LogP contribution in [-0.2, 0) is 0 Å². The number of aliphatic hydroxyl groups is 1. The molecule has 6 heteroatoms. The Bertz CT molecular complexity index is 768. The average molecular weight is 357 g/mol. The van der Waals surface area contributed by atoms with E-state index >= 15 is 0 Å². The first-order chi connectivity index (χ1) is 12.7. The lowest BCUT2D eigenvalue weighted by Crippen LogP contribution is -2.29. The summed E-state index contributed by atoms with van der Waals surface area (Å²) < 4.78 is 18.3. The van der Waals surface area contributed by atoms with Crippen molar-refractivity contribution < 1.29 is 14.0 Å². The van der Waals surface area contributed by atoms with Crippen molar-refractivity contribution in [2.24, 2.45) is 0 Å². The lowest BCUT2D eigenvalue weighted by Gasteiger charge is -2.25. The molecule has 4 rings (SSSR count). The summed E-state index contributed by atoms with van der Waals surface area (Å²) in [6.07, 6.45) is 6.47. The van der Waals surface area contributed by atoms with Crippen LogP contribution in [0.3, 0.4) is 0 Å². The maximum absolute atomic E-state index is 12.9. The van der Waals surface area contributed by atoms with Crippen molar-refractivity contribution in [2.45, 2.75) is 44.1 Å². The second-order valence-electron chi connectivity index (χ2n) is 7.22. The molecular weight excluding hydrogens is 333 g/mol. The standard InChI is InChI=1S/C20H24FN3O2/c21-17-7-5-14(6-8-17)18(25)2-1-11-24-12-9-15(10-13-24)19-22-20(26-23-19)16-3-4-16/h5-9,16,18,25H,1-4,10-13H2. The van der Waals surface area contributed by atoms with Crippen molar-refractivity contribution in [3.63, 3.8) is 0 Å². The molecule has 1 unspecified atom stereocenters. The topological polar surface area (TPSA) is 62.4 Å². The van der Waals surface area contributed by atoms with E-state index in [9.17, 15) is 9.50 Å². The van der Waals surface area contributed by atoms with Gasteiger partial charge in [-0.15, -0.1) is 0 Å². The summed E-state index contributed by atoms with van der Waals surface area (Å²) in [6, 6.07) is 6.08. The number of nitrogens with zero attached hydrogens (tertiary/aromatic N) is 3. The second kappa shape index (κ2) is 7.68. The van der Waals surface area contributed by atoms with E-state index in [1.807, 2.05) is 0 Å². The Morgan fingerprint density at radius 2 is 2.08 bits per heavy atom. The molecular formula is C20H24FN3O2. The van der Waals surface area contributed by atoms with Crippen molar-refractivity contribution >= 4 is 5.57 Å². The average Bonchev–Trinajstić information content (AvgIpc) is 3.40. The van der Waals surface area contributed by atoms with Crippen LogP contribution < -0.4 is 0 Å². The van der Waals surface area contributed by atoms with Gasteiger partial charge in [-0.25, -0.2) is 4.39 Å². The smallest absolute Gasteiger partial charge is 0.230 e. The predicted octanol–water partition coefficient (Wildman–Crippen LogP) is 3.69. The van der Waals surface area contributed by atoms with Crippen molar-refractivity contribution in [2.75, 3.05) is 19.6 Å². The molecule has 1 fully saturated rings. The molecule has 0 saturated heterocycles. The Morgan fingerprint density at radius 1 is 1.27 bits per heavy atom. The van der Waals surface area contributed by atoms with E-state index in [1.165, 1.54) is 17.7 Å². The maximum atomic E-state index is 12.9. The minimum Gasteiger partial charge on any atom is -0.388 e. The highest BCUT2D eigenvalue weighted by Gasteiger charge is 2.30. The maximum Gasteiger partial charge on any atom is 0.230 e.